The Bertz CT molecular complexity index is 724. The Balaban J connectivity index is 1.66. The van der Waals surface area contributed by atoms with Gasteiger partial charge in [-0.2, -0.15) is 0 Å². The van der Waals surface area contributed by atoms with E-state index in [4.69, 9.17) is 0 Å². The van der Waals surface area contributed by atoms with Crippen molar-refractivity contribution in [2.24, 2.45) is 0 Å². The summed E-state index contributed by atoms with van der Waals surface area (Å²) in [5, 5.41) is 0. The van der Waals surface area contributed by atoms with Crippen LogP contribution in [0.15, 0.2) is 29.2 Å². The van der Waals surface area contributed by atoms with Crippen LogP contribution in [-0.4, -0.2) is 62.6 Å². The van der Waals surface area contributed by atoms with Gasteiger partial charge in [0.2, 0.25) is 5.91 Å². The number of likely N-dealkylation sites (N-methyl/N-ethyl adjacent to an activating group) is 1. The van der Waals surface area contributed by atoms with Crippen LogP contribution < -0.4 is 0 Å². The summed E-state index contributed by atoms with van der Waals surface area (Å²) in [5.41, 5.74) is 0.864. The number of carbonyl (C=O) groups excluding carboxylic acids is 1. The fourth-order valence-electron chi connectivity index (χ4n) is 4.38. The van der Waals surface area contributed by atoms with Gasteiger partial charge in [-0.15, -0.1) is 0 Å². The first-order valence-electron chi connectivity index (χ1n) is 9.65. The molecular formula is C20H30N2O3S. The van der Waals surface area contributed by atoms with Crippen LogP contribution in [0.2, 0.25) is 0 Å². The molecule has 1 saturated carbocycles. The standard InChI is InChI=1S/C20H30N2O3S/c1-21(18-7-3-4-8-19(18)22-13-5-6-14-22)20(23)15-16-9-11-17(12-10-16)26(2,24)25/h9-12,18-19H,3-8,13-15H2,1-2H3/t18-,19-/m0/s1. The molecule has 1 saturated heterocycles. The molecule has 1 heterocycles. The molecule has 5 nitrogen and oxygen atoms in total. The van der Waals surface area contributed by atoms with Crippen molar-refractivity contribution in [1.29, 1.82) is 0 Å². The normalized spacial score (nSPS) is 24.5. The minimum Gasteiger partial charge on any atom is -0.341 e. The van der Waals surface area contributed by atoms with Crippen molar-refractivity contribution in [2.75, 3.05) is 26.4 Å². The van der Waals surface area contributed by atoms with Crippen molar-refractivity contribution >= 4 is 15.7 Å². The van der Waals surface area contributed by atoms with Gasteiger partial charge >= 0.3 is 0 Å². The van der Waals surface area contributed by atoms with E-state index in [1.54, 1.807) is 24.3 Å². The summed E-state index contributed by atoms with van der Waals surface area (Å²) in [6, 6.07) is 7.47. The molecule has 0 bridgehead atoms. The van der Waals surface area contributed by atoms with Gasteiger partial charge in [-0.05, 0) is 56.5 Å². The van der Waals surface area contributed by atoms with E-state index < -0.39 is 9.84 Å². The van der Waals surface area contributed by atoms with Crippen LogP contribution in [0.4, 0.5) is 0 Å². The smallest absolute Gasteiger partial charge is 0.227 e. The minimum absolute atomic E-state index is 0.119. The van der Waals surface area contributed by atoms with Gasteiger partial charge in [-0.25, -0.2) is 8.42 Å². The lowest BCUT2D eigenvalue weighted by molar-refractivity contribution is -0.133. The molecule has 2 atom stereocenters. The van der Waals surface area contributed by atoms with Gasteiger partial charge < -0.3 is 4.90 Å². The maximum absolute atomic E-state index is 12.8. The lowest BCUT2D eigenvalue weighted by atomic mass is 9.88. The summed E-state index contributed by atoms with van der Waals surface area (Å²) in [6.45, 7) is 2.33. The summed E-state index contributed by atoms with van der Waals surface area (Å²) >= 11 is 0. The first-order valence-corrected chi connectivity index (χ1v) is 11.5. The van der Waals surface area contributed by atoms with E-state index in [0.29, 0.717) is 23.4 Å². The fraction of sp³-hybridized carbons (Fsp3) is 0.650. The lowest BCUT2D eigenvalue weighted by Gasteiger charge is -2.42. The molecule has 2 fully saturated rings. The number of hydrogen-bond acceptors (Lipinski definition) is 4. The largest absolute Gasteiger partial charge is 0.341 e. The second-order valence-corrected chi connectivity index (χ2v) is 9.78. The Labute approximate surface area is 157 Å². The zero-order valence-electron chi connectivity index (χ0n) is 15.9. The summed E-state index contributed by atoms with van der Waals surface area (Å²) in [4.78, 5) is 17.7. The van der Waals surface area contributed by atoms with Gasteiger partial charge in [0, 0.05) is 25.4 Å². The van der Waals surface area contributed by atoms with Crippen molar-refractivity contribution in [3.63, 3.8) is 0 Å². The Hall–Kier alpha value is -1.40. The summed E-state index contributed by atoms with van der Waals surface area (Å²) < 4.78 is 23.1. The molecular weight excluding hydrogens is 348 g/mol. The molecule has 0 unspecified atom stereocenters. The number of amides is 1. The molecule has 1 aliphatic carbocycles. The number of hydrogen-bond donors (Lipinski definition) is 0. The van der Waals surface area contributed by atoms with Gasteiger partial charge in [0.05, 0.1) is 11.3 Å². The van der Waals surface area contributed by atoms with Crippen LogP contribution in [-0.2, 0) is 21.1 Å². The van der Waals surface area contributed by atoms with Crippen molar-refractivity contribution in [3.8, 4) is 0 Å². The highest BCUT2D eigenvalue weighted by molar-refractivity contribution is 7.90. The van der Waals surface area contributed by atoms with Gasteiger partial charge in [-0.1, -0.05) is 25.0 Å². The molecule has 3 rings (SSSR count). The molecule has 1 amide bonds. The Kier molecular flexibility index (Phi) is 6.03. The Morgan fingerprint density at radius 1 is 1.08 bits per heavy atom. The first-order chi connectivity index (χ1) is 12.4. The number of benzene rings is 1. The molecule has 2 aliphatic rings. The van der Waals surface area contributed by atoms with Gasteiger partial charge in [0.15, 0.2) is 9.84 Å². The zero-order valence-corrected chi connectivity index (χ0v) is 16.7. The van der Waals surface area contributed by atoms with Crippen LogP contribution in [0.1, 0.15) is 44.1 Å². The molecule has 6 heteroatoms. The second kappa shape index (κ2) is 8.09. The quantitative estimate of drug-likeness (QED) is 0.790. The van der Waals surface area contributed by atoms with Crippen LogP contribution in [0.25, 0.3) is 0 Å². The molecule has 0 N–H and O–H groups in total. The third-order valence-corrected chi connectivity index (χ3v) is 7.03. The average molecular weight is 379 g/mol. The number of sulfone groups is 1. The van der Waals surface area contributed by atoms with Gasteiger partial charge in [0.1, 0.15) is 0 Å². The fourth-order valence-corrected chi connectivity index (χ4v) is 5.01. The topological polar surface area (TPSA) is 57.7 Å². The Morgan fingerprint density at radius 3 is 2.31 bits per heavy atom. The van der Waals surface area contributed by atoms with Crippen molar-refractivity contribution < 1.29 is 13.2 Å². The number of carbonyl (C=O) groups is 1. The van der Waals surface area contributed by atoms with Crippen LogP contribution in [0.5, 0.6) is 0 Å². The van der Waals surface area contributed by atoms with Crippen LogP contribution >= 0.6 is 0 Å². The van der Waals surface area contributed by atoms with Gasteiger partial charge in [0.25, 0.3) is 0 Å². The predicted molar refractivity (Wildman–Crippen MR) is 103 cm³/mol. The van der Waals surface area contributed by atoms with E-state index in [1.807, 2.05) is 11.9 Å². The summed E-state index contributed by atoms with van der Waals surface area (Å²) in [6.07, 6.45) is 8.78. The monoisotopic (exact) mass is 378 g/mol. The number of likely N-dealkylation sites (tertiary alicyclic amines) is 1. The summed E-state index contributed by atoms with van der Waals surface area (Å²) in [7, 11) is -1.26. The zero-order chi connectivity index (χ0) is 18.7. The first kappa shape index (κ1) is 19.4. The Morgan fingerprint density at radius 2 is 1.69 bits per heavy atom. The molecule has 1 aromatic carbocycles. The highest BCUT2D eigenvalue weighted by Gasteiger charge is 2.35. The second-order valence-electron chi connectivity index (χ2n) is 7.76. The van der Waals surface area contributed by atoms with E-state index in [0.717, 1.165) is 25.1 Å². The molecule has 1 aromatic rings. The predicted octanol–water partition coefficient (Wildman–Crippen LogP) is 2.50. The van der Waals surface area contributed by atoms with E-state index in [9.17, 15) is 13.2 Å². The summed E-state index contributed by atoms with van der Waals surface area (Å²) in [5.74, 6) is 0.119. The maximum atomic E-state index is 12.8. The molecule has 0 spiro atoms. The third-order valence-electron chi connectivity index (χ3n) is 5.90. The maximum Gasteiger partial charge on any atom is 0.227 e. The van der Waals surface area contributed by atoms with E-state index in [1.165, 1.54) is 38.4 Å². The molecule has 0 radical (unpaired) electrons. The van der Waals surface area contributed by atoms with Crippen LogP contribution in [0, 0.1) is 0 Å². The third kappa shape index (κ3) is 4.46. The molecule has 144 valence electrons. The number of nitrogens with zero attached hydrogens (tertiary/aromatic N) is 2. The lowest BCUT2D eigenvalue weighted by Crippen LogP contribution is -2.53. The minimum atomic E-state index is -3.20. The van der Waals surface area contributed by atoms with Crippen molar-refractivity contribution in [3.05, 3.63) is 29.8 Å². The van der Waals surface area contributed by atoms with Gasteiger partial charge in [-0.3, -0.25) is 9.69 Å². The SMILES string of the molecule is CN(C(=O)Cc1ccc(S(C)(=O)=O)cc1)[C@H]1CCCC[C@@H]1N1CCCC1. The highest BCUT2D eigenvalue weighted by atomic mass is 32.2. The van der Waals surface area contributed by atoms with Crippen molar-refractivity contribution in [2.45, 2.75) is 61.9 Å². The number of rotatable bonds is 5. The van der Waals surface area contributed by atoms with Crippen molar-refractivity contribution in [1.82, 2.24) is 9.80 Å². The highest BCUT2D eigenvalue weighted by Crippen LogP contribution is 2.29. The molecule has 1 aliphatic heterocycles. The molecule has 0 aromatic heterocycles. The van der Waals surface area contributed by atoms with E-state index >= 15 is 0 Å². The average Bonchev–Trinajstić information content (AvgIpc) is 3.15. The van der Waals surface area contributed by atoms with E-state index in [-0.39, 0.29) is 5.91 Å². The van der Waals surface area contributed by atoms with E-state index in [2.05, 4.69) is 4.90 Å². The molecule has 26 heavy (non-hydrogen) atoms. The van der Waals surface area contributed by atoms with Crippen LogP contribution in [0.3, 0.4) is 0 Å².